The summed E-state index contributed by atoms with van der Waals surface area (Å²) in [5.74, 6) is -1.02. The van der Waals surface area contributed by atoms with Gasteiger partial charge in [-0.15, -0.1) is 0 Å². The summed E-state index contributed by atoms with van der Waals surface area (Å²) in [6.45, 7) is 1.56. The minimum atomic E-state index is -3.82. The molecular formula is C19H24N2O5S2. The van der Waals surface area contributed by atoms with Gasteiger partial charge in [-0.3, -0.25) is 4.79 Å². The smallest absolute Gasteiger partial charge is 0.242 e. The normalized spacial score (nSPS) is 13.3. The van der Waals surface area contributed by atoms with Crippen LogP contribution in [0, 0.1) is 0 Å². The third-order valence-corrected chi connectivity index (χ3v) is 8.10. The molecule has 0 heterocycles. The summed E-state index contributed by atoms with van der Waals surface area (Å²) in [7, 11) is -4.69. The molecule has 0 unspecified atom stereocenters. The van der Waals surface area contributed by atoms with Crippen molar-refractivity contribution in [3.63, 3.8) is 0 Å². The summed E-state index contributed by atoms with van der Waals surface area (Å²) in [5, 5.41) is 1.36. The minimum Gasteiger partial charge on any atom is -0.351 e. The molecule has 2 aromatic carbocycles. The first-order valence-corrected chi connectivity index (χ1v) is 11.7. The molecule has 0 saturated heterocycles. The predicted octanol–water partition coefficient (Wildman–Crippen LogP) is 1.56. The maximum atomic E-state index is 12.6. The number of sulfonamides is 1. The molecule has 0 fully saturated rings. The highest BCUT2D eigenvalue weighted by atomic mass is 32.2. The van der Waals surface area contributed by atoms with E-state index >= 15 is 0 Å². The van der Waals surface area contributed by atoms with Gasteiger partial charge in [0.1, 0.15) is 5.25 Å². The highest BCUT2D eigenvalue weighted by molar-refractivity contribution is 7.92. The van der Waals surface area contributed by atoms with Crippen molar-refractivity contribution in [2.75, 3.05) is 14.1 Å². The van der Waals surface area contributed by atoms with Crippen molar-refractivity contribution >= 4 is 25.8 Å². The topological polar surface area (TPSA) is 101 Å². The molecule has 0 aliphatic rings. The van der Waals surface area contributed by atoms with E-state index in [-0.39, 0.29) is 11.4 Å². The number of rotatable bonds is 8. The Morgan fingerprint density at radius 3 is 2.18 bits per heavy atom. The lowest BCUT2D eigenvalue weighted by Crippen LogP contribution is -2.38. The molecule has 0 saturated carbocycles. The Balaban J connectivity index is 2.11. The Labute approximate surface area is 166 Å². The lowest BCUT2D eigenvalue weighted by molar-refractivity contribution is -0.120. The van der Waals surface area contributed by atoms with E-state index in [9.17, 15) is 21.6 Å². The van der Waals surface area contributed by atoms with Gasteiger partial charge in [0.05, 0.1) is 10.6 Å². The van der Waals surface area contributed by atoms with Gasteiger partial charge in [0.25, 0.3) is 0 Å². The molecular weight excluding hydrogens is 400 g/mol. The van der Waals surface area contributed by atoms with E-state index in [4.69, 9.17) is 0 Å². The number of hydrogen-bond donors (Lipinski definition) is 1. The number of sulfone groups is 1. The zero-order valence-corrected chi connectivity index (χ0v) is 17.6. The monoisotopic (exact) mass is 424 g/mol. The van der Waals surface area contributed by atoms with Gasteiger partial charge < -0.3 is 5.32 Å². The van der Waals surface area contributed by atoms with Crippen molar-refractivity contribution in [2.45, 2.75) is 29.4 Å². The Morgan fingerprint density at radius 1 is 0.964 bits per heavy atom. The van der Waals surface area contributed by atoms with Crippen LogP contribution in [0.15, 0.2) is 59.5 Å². The standard InChI is InChI=1S/C19H24N2O5S2/c1-15(19(22)20-13-16-8-5-4-6-9-16)27(23,24)14-17-10-7-11-18(12-17)28(25,26)21(2)3/h4-12,15H,13-14H2,1-3H3,(H,20,22)/t15-/m1/s1. The van der Waals surface area contributed by atoms with Gasteiger partial charge in [-0.2, -0.15) is 0 Å². The quantitative estimate of drug-likeness (QED) is 0.693. The van der Waals surface area contributed by atoms with Crippen LogP contribution in [0.1, 0.15) is 18.1 Å². The van der Waals surface area contributed by atoms with Gasteiger partial charge in [-0.05, 0) is 30.2 Å². The van der Waals surface area contributed by atoms with Gasteiger partial charge in [0, 0.05) is 20.6 Å². The summed E-state index contributed by atoms with van der Waals surface area (Å²) in [5.41, 5.74) is 1.17. The fraction of sp³-hybridized carbons (Fsp3) is 0.316. The molecule has 1 atom stereocenters. The minimum absolute atomic E-state index is 0.00591. The zero-order chi connectivity index (χ0) is 20.9. The van der Waals surface area contributed by atoms with E-state index < -0.39 is 36.8 Å². The SMILES string of the molecule is C[C@H](C(=O)NCc1ccccc1)S(=O)(=O)Cc1cccc(S(=O)(=O)N(C)C)c1. The molecule has 0 aliphatic carbocycles. The average molecular weight is 425 g/mol. The second-order valence-electron chi connectivity index (χ2n) is 6.59. The van der Waals surface area contributed by atoms with Crippen molar-refractivity contribution in [1.82, 2.24) is 9.62 Å². The van der Waals surface area contributed by atoms with E-state index in [1.165, 1.54) is 45.3 Å². The van der Waals surface area contributed by atoms with Crippen LogP contribution in [-0.2, 0) is 37.0 Å². The van der Waals surface area contributed by atoms with Crippen LogP contribution in [0.3, 0.4) is 0 Å². The van der Waals surface area contributed by atoms with Crippen molar-refractivity contribution in [2.24, 2.45) is 0 Å². The van der Waals surface area contributed by atoms with Crippen LogP contribution >= 0.6 is 0 Å². The lowest BCUT2D eigenvalue weighted by atomic mass is 10.2. The Kier molecular flexibility index (Phi) is 6.97. The second-order valence-corrected chi connectivity index (χ2v) is 11.1. The third-order valence-electron chi connectivity index (χ3n) is 4.26. The van der Waals surface area contributed by atoms with Crippen LogP contribution in [-0.4, -0.2) is 46.4 Å². The molecule has 0 spiro atoms. The number of benzene rings is 2. The summed E-state index contributed by atoms with van der Waals surface area (Å²) in [6, 6.07) is 14.9. The molecule has 2 rings (SSSR count). The number of carbonyl (C=O) groups is 1. The number of carbonyl (C=O) groups excluding carboxylic acids is 1. The molecule has 152 valence electrons. The molecule has 28 heavy (non-hydrogen) atoms. The number of nitrogens with zero attached hydrogens (tertiary/aromatic N) is 1. The fourth-order valence-corrected chi connectivity index (χ4v) is 4.73. The molecule has 0 radical (unpaired) electrons. The highest BCUT2D eigenvalue weighted by Gasteiger charge is 2.28. The summed E-state index contributed by atoms with van der Waals surface area (Å²) in [4.78, 5) is 12.3. The molecule has 0 aromatic heterocycles. The van der Waals surface area contributed by atoms with Crippen molar-refractivity contribution in [3.05, 3.63) is 65.7 Å². The van der Waals surface area contributed by atoms with Crippen molar-refractivity contribution in [1.29, 1.82) is 0 Å². The maximum Gasteiger partial charge on any atom is 0.242 e. The van der Waals surface area contributed by atoms with Gasteiger partial charge >= 0.3 is 0 Å². The molecule has 7 nitrogen and oxygen atoms in total. The van der Waals surface area contributed by atoms with E-state index in [0.29, 0.717) is 5.56 Å². The van der Waals surface area contributed by atoms with Gasteiger partial charge in [0.15, 0.2) is 9.84 Å². The van der Waals surface area contributed by atoms with E-state index in [0.717, 1.165) is 9.87 Å². The van der Waals surface area contributed by atoms with Gasteiger partial charge in [-0.1, -0.05) is 42.5 Å². The van der Waals surface area contributed by atoms with Gasteiger partial charge in [-0.25, -0.2) is 21.1 Å². The first-order chi connectivity index (χ1) is 13.0. The van der Waals surface area contributed by atoms with E-state index in [1.807, 2.05) is 30.3 Å². The summed E-state index contributed by atoms with van der Waals surface area (Å²) >= 11 is 0. The Bertz CT molecular complexity index is 1030. The fourth-order valence-electron chi connectivity index (χ4n) is 2.46. The van der Waals surface area contributed by atoms with Gasteiger partial charge in [0.2, 0.25) is 15.9 Å². The molecule has 0 aliphatic heterocycles. The Hall–Kier alpha value is -2.23. The van der Waals surface area contributed by atoms with Crippen LogP contribution in [0.5, 0.6) is 0 Å². The first kappa shape index (κ1) is 22.1. The van der Waals surface area contributed by atoms with Crippen LogP contribution in [0.25, 0.3) is 0 Å². The van der Waals surface area contributed by atoms with Crippen LogP contribution in [0.2, 0.25) is 0 Å². The zero-order valence-electron chi connectivity index (χ0n) is 16.0. The molecule has 0 bridgehead atoms. The third kappa shape index (κ3) is 5.40. The molecule has 2 aromatic rings. The van der Waals surface area contributed by atoms with Crippen LogP contribution < -0.4 is 5.32 Å². The maximum absolute atomic E-state index is 12.6. The summed E-state index contributed by atoms with van der Waals surface area (Å²) < 4.78 is 50.8. The number of amides is 1. The van der Waals surface area contributed by atoms with Crippen molar-refractivity contribution < 1.29 is 21.6 Å². The average Bonchev–Trinajstić information content (AvgIpc) is 2.66. The van der Waals surface area contributed by atoms with E-state index in [2.05, 4.69) is 5.32 Å². The largest absolute Gasteiger partial charge is 0.351 e. The molecule has 1 N–H and O–H groups in total. The lowest BCUT2D eigenvalue weighted by Gasteiger charge is -2.15. The number of nitrogens with one attached hydrogen (secondary N) is 1. The predicted molar refractivity (Wildman–Crippen MR) is 108 cm³/mol. The first-order valence-electron chi connectivity index (χ1n) is 8.59. The molecule has 9 heteroatoms. The Morgan fingerprint density at radius 2 is 1.57 bits per heavy atom. The summed E-state index contributed by atoms with van der Waals surface area (Å²) in [6.07, 6.45) is 0. The van der Waals surface area contributed by atoms with E-state index in [1.54, 1.807) is 0 Å². The van der Waals surface area contributed by atoms with Crippen LogP contribution in [0.4, 0.5) is 0 Å². The van der Waals surface area contributed by atoms with Crippen molar-refractivity contribution in [3.8, 4) is 0 Å². The highest BCUT2D eigenvalue weighted by Crippen LogP contribution is 2.18. The second kappa shape index (κ2) is 8.85. The number of hydrogen-bond acceptors (Lipinski definition) is 5. The molecule has 1 amide bonds.